The molecule has 162 valence electrons. The summed E-state index contributed by atoms with van der Waals surface area (Å²) in [6.45, 7) is 2.59. The molecule has 1 fully saturated rings. The van der Waals surface area contributed by atoms with Gasteiger partial charge in [-0.1, -0.05) is 53.2 Å². The Labute approximate surface area is 208 Å². The Hall–Kier alpha value is -2.35. The Bertz CT molecular complexity index is 1190. The molecule has 7 heteroatoms. The highest BCUT2D eigenvalue weighted by Gasteiger charge is 2.23. The van der Waals surface area contributed by atoms with Gasteiger partial charge in [0, 0.05) is 4.47 Å². The number of amidine groups is 1. The Balaban J connectivity index is 1.43. The molecule has 0 aliphatic carbocycles. The highest BCUT2D eigenvalue weighted by atomic mass is 79.9. The van der Waals surface area contributed by atoms with E-state index in [1.165, 1.54) is 17.3 Å². The Morgan fingerprint density at radius 2 is 1.72 bits per heavy atom. The molecule has 3 aromatic carbocycles. The number of nitrogens with one attached hydrogen (secondary N) is 1. The Kier molecular flexibility index (Phi) is 7.50. The minimum absolute atomic E-state index is 0.148. The second-order valence-electron chi connectivity index (χ2n) is 7.11. The van der Waals surface area contributed by atoms with Crippen LogP contribution in [0.1, 0.15) is 23.6 Å². The molecule has 1 aliphatic rings. The van der Waals surface area contributed by atoms with Gasteiger partial charge in [-0.15, -0.1) is 0 Å². The number of carbonyl (C=O) groups is 1. The quantitative estimate of drug-likeness (QED) is 0.317. The van der Waals surface area contributed by atoms with Gasteiger partial charge in [0.2, 0.25) is 0 Å². The predicted octanol–water partition coefficient (Wildman–Crippen LogP) is 7.24. The van der Waals surface area contributed by atoms with Crippen molar-refractivity contribution in [2.24, 2.45) is 4.99 Å². The van der Waals surface area contributed by atoms with E-state index in [0.29, 0.717) is 16.7 Å². The number of halogens is 2. The molecule has 1 saturated heterocycles. The molecule has 0 bridgehead atoms. The molecule has 3 aromatic rings. The van der Waals surface area contributed by atoms with Crippen LogP contribution in [0.15, 0.2) is 85.6 Å². The van der Waals surface area contributed by atoms with E-state index in [0.717, 1.165) is 37.9 Å². The number of hydrogen-bond donors (Lipinski definition) is 1. The van der Waals surface area contributed by atoms with Gasteiger partial charge in [0.25, 0.3) is 5.91 Å². The third kappa shape index (κ3) is 5.91. The van der Waals surface area contributed by atoms with E-state index in [-0.39, 0.29) is 5.91 Å². The number of thioether (sulfide) groups is 1. The summed E-state index contributed by atoms with van der Waals surface area (Å²) in [7, 11) is 0. The van der Waals surface area contributed by atoms with E-state index in [1.807, 2.05) is 60.7 Å². The van der Waals surface area contributed by atoms with Crippen molar-refractivity contribution in [1.82, 2.24) is 5.32 Å². The van der Waals surface area contributed by atoms with Gasteiger partial charge in [-0.25, -0.2) is 4.99 Å². The first-order valence-corrected chi connectivity index (χ1v) is 12.5. The minimum atomic E-state index is -0.148. The van der Waals surface area contributed by atoms with Gasteiger partial charge in [0.1, 0.15) is 12.4 Å². The van der Waals surface area contributed by atoms with Crippen molar-refractivity contribution in [2.75, 3.05) is 0 Å². The lowest BCUT2D eigenvalue weighted by Crippen LogP contribution is -2.19. The molecule has 0 radical (unpaired) electrons. The standard InChI is InChI=1S/C25H20Br2N2O2S/c1-2-16-5-10-20(11-6-16)28-25-29-24(30)23(32-25)14-18-7-12-22(21(27)13-18)31-15-17-3-8-19(26)9-4-17/h3-14H,2,15H2,1H3,(H,28,29,30)/b23-14-. The Morgan fingerprint density at radius 3 is 2.41 bits per heavy atom. The molecule has 0 atom stereocenters. The van der Waals surface area contributed by atoms with Crippen LogP contribution < -0.4 is 10.1 Å². The van der Waals surface area contributed by atoms with Gasteiger partial charge in [-0.2, -0.15) is 0 Å². The van der Waals surface area contributed by atoms with Crippen LogP contribution in [0.3, 0.4) is 0 Å². The van der Waals surface area contributed by atoms with Gasteiger partial charge in [0.15, 0.2) is 5.17 Å². The molecule has 32 heavy (non-hydrogen) atoms. The summed E-state index contributed by atoms with van der Waals surface area (Å²) in [5.74, 6) is 0.599. The second-order valence-corrected chi connectivity index (χ2v) is 9.91. The van der Waals surface area contributed by atoms with Crippen LogP contribution in [-0.4, -0.2) is 11.1 Å². The van der Waals surface area contributed by atoms with E-state index in [2.05, 4.69) is 61.2 Å². The first-order valence-electron chi connectivity index (χ1n) is 10.1. The highest BCUT2D eigenvalue weighted by molar-refractivity contribution is 9.10. The summed E-state index contributed by atoms with van der Waals surface area (Å²) in [6.07, 6.45) is 2.84. The summed E-state index contributed by atoms with van der Waals surface area (Å²) < 4.78 is 7.79. The van der Waals surface area contributed by atoms with E-state index >= 15 is 0 Å². The van der Waals surface area contributed by atoms with Crippen LogP contribution in [0.2, 0.25) is 0 Å². The van der Waals surface area contributed by atoms with Crippen LogP contribution in [0, 0.1) is 0 Å². The van der Waals surface area contributed by atoms with Crippen molar-refractivity contribution < 1.29 is 9.53 Å². The van der Waals surface area contributed by atoms with Gasteiger partial charge >= 0.3 is 0 Å². The number of ether oxygens (including phenoxy) is 1. The summed E-state index contributed by atoms with van der Waals surface area (Å²) >= 11 is 8.34. The summed E-state index contributed by atoms with van der Waals surface area (Å²) in [6, 6.07) is 21.8. The molecule has 0 spiro atoms. The van der Waals surface area contributed by atoms with Crippen molar-refractivity contribution in [3.8, 4) is 5.75 Å². The molecule has 0 unspecified atom stereocenters. The fourth-order valence-corrected chi connectivity index (χ4v) is 4.64. The average molecular weight is 572 g/mol. The summed E-state index contributed by atoms with van der Waals surface area (Å²) in [4.78, 5) is 17.5. The third-order valence-corrected chi connectivity index (χ3v) is 6.85. The topological polar surface area (TPSA) is 50.7 Å². The Morgan fingerprint density at radius 1 is 1.00 bits per heavy atom. The summed E-state index contributed by atoms with van der Waals surface area (Å²) in [5.41, 5.74) is 4.06. The lowest BCUT2D eigenvalue weighted by Gasteiger charge is -2.09. The van der Waals surface area contributed by atoms with Crippen LogP contribution >= 0.6 is 43.6 Å². The molecule has 0 aromatic heterocycles. The van der Waals surface area contributed by atoms with E-state index in [1.54, 1.807) is 0 Å². The molecule has 0 saturated carbocycles. The maximum Gasteiger partial charge on any atom is 0.264 e. The highest BCUT2D eigenvalue weighted by Crippen LogP contribution is 2.31. The molecule has 1 heterocycles. The van der Waals surface area contributed by atoms with Crippen molar-refractivity contribution in [1.29, 1.82) is 0 Å². The molecular weight excluding hydrogens is 552 g/mol. The van der Waals surface area contributed by atoms with Gasteiger partial charge in [-0.3, -0.25) is 4.79 Å². The van der Waals surface area contributed by atoms with Crippen LogP contribution in [0.25, 0.3) is 6.08 Å². The van der Waals surface area contributed by atoms with Crippen molar-refractivity contribution >= 4 is 66.5 Å². The van der Waals surface area contributed by atoms with Crippen LogP contribution in [0.4, 0.5) is 5.69 Å². The van der Waals surface area contributed by atoms with Gasteiger partial charge in [-0.05, 0) is 93.3 Å². The number of nitrogens with zero attached hydrogens (tertiary/aromatic N) is 1. The lowest BCUT2D eigenvalue weighted by molar-refractivity contribution is -0.115. The van der Waals surface area contributed by atoms with E-state index in [9.17, 15) is 4.79 Å². The third-order valence-electron chi connectivity index (χ3n) is 4.79. The zero-order chi connectivity index (χ0) is 22.5. The van der Waals surface area contributed by atoms with Gasteiger partial charge in [0.05, 0.1) is 15.1 Å². The first kappa shape index (κ1) is 22.8. The molecule has 1 amide bonds. The normalized spacial score (nSPS) is 15.9. The fraction of sp³-hybridized carbons (Fsp3) is 0.120. The van der Waals surface area contributed by atoms with Crippen LogP contribution in [-0.2, 0) is 17.8 Å². The molecule has 1 N–H and O–H groups in total. The maximum absolute atomic E-state index is 12.4. The minimum Gasteiger partial charge on any atom is -0.488 e. The fourth-order valence-electron chi connectivity index (χ4n) is 3.02. The largest absolute Gasteiger partial charge is 0.488 e. The number of aliphatic imine (C=N–C) groups is 1. The van der Waals surface area contributed by atoms with Crippen LogP contribution in [0.5, 0.6) is 5.75 Å². The number of amides is 1. The number of rotatable bonds is 6. The zero-order valence-electron chi connectivity index (χ0n) is 17.3. The number of carbonyl (C=O) groups excluding carboxylic acids is 1. The van der Waals surface area contributed by atoms with Gasteiger partial charge < -0.3 is 10.1 Å². The molecule has 1 aliphatic heterocycles. The maximum atomic E-state index is 12.4. The smallest absolute Gasteiger partial charge is 0.264 e. The average Bonchev–Trinajstić information content (AvgIpc) is 3.13. The zero-order valence-corrected chi connectivity index (χ0v) is 21.3. The monoisotopic (exact) mass is 570 g/mol. The summed E-state index contributed by atoms with van der Waals surface area (Å²) in [5, 5.41) is 3.42. The van der Waals surface area contributed by atoms with Crippen molar-refractivity contribution in [3.63, 3.8) is 0 Å². The SMILES string of the molecule is CCc1ccc(N=C2NC(=O)/C(=C/c3ccc(OCc4ccc(Br)cc4)c(Br)c3)S2)cc1. The van der Waals surface area contributed by atoms with E-state index in [4.69, 9.17) is 4.74 Å². The lowest BCUT2D eigenvalue weighted by atomic mass is 10.2. The van der Waals surface area contributed by atoms with Crippen molar-refractivity contribution in [2.45, 2.75) is 20.0 Å². The second kappa shape index (κ2) is 10.5. The molecular formula is C25H20Br2N2O2S. The van der Waals surface area contributed by atoms with Crippen molar-refractivity contribution in [3.05, 3.63) is 97.3 Å². The number of benzene rings is 3. The molecule has 4 nitrogen and oxygen atoms in total. The molecule has 4 rings (SSSR count). The number of hydrogen-bond acceptors (Lipinski definition) is 4. The number of aryl methyl sites for hydroxylation is 1. The first-order chi connectivity index (χ1) is 15.5. The van der Waals surface area contributed by atoms with E-state index < -0.39 is 0 Å². The predicted molar refractivity (Wildman–Crippen MR) is 139 cm³/mol.